The Kier molecular flexibility index (Phi) is 5.22. The van der Waals surface area contributed by atoms with Crippen LogP contribution in [0.25, 0.3) is 0 Å². The molecule has 4 nitrogen and oxygen atoms in total. The Labute approximate surface area is 116 Å². The van der Waals surface area contributed by atoms with Crippen LogP contribution in [-0.2, 0) is 9.53 Å². The summed E-state index contributed by atoms with van der Waals surface area (Å²) in [6, 6.07) is 0. The van der Waals surface area contributed by atoms with E-state index in [1.54, 1.807) is 0 Å². The van der Waals surface area contributed by atoms with Crippen LogP contribution in [0.5, 0.6) is 0 Å². The second kappa shape index (κ2) is 6.71. The van der Waals surface area contributed by atoms with Crippen LogP contribution in [0, 0.1) is 5.92 Å². The van der Waals surface area contributed by atoms with Crippen LogP contribution in [0.2, 0.25) is 0 Å². The van der Waals surface area contributed by atoms with Gasteiger partial charge < -0.3 is 15.4 Å². The minimum Gasteiger partial charge on any atom is -0.381 e. The van der Waals surface area contributed by atoms with E-state index in [4.69, 9.17) is 10.5 Å². The summed E-state index contributed by atoms with van der Waals surface area (Å²) in [6.45, 7) is 2.59. The summed E-state index contributed by atoms with van der Waals surface area (Å²) < 4.78 is 5.36. The van der Waals surface area contributed by atoms with E-state index < -0.39 is 5.54 Å². The zero-order valence-electron chi connectivity index (χ0n) is 12.2. The third-order valence-corrected chi connectivity index (χ3v) is 4.73. The maximum absolute atomic E-state index is 12.5. The fourth-order valence-corrected chi connectivity index (χ4v) is 3.29. The number of hydrogen-bond donors (Lipinski definition) is 1. The molecule has 1 aliphatic heterocycles. The van der Waals surface area contributed by atoms with Crippen molar-refractivity contribution in [2.75, 3.05) is 26.8 Å². The first-order valence-electron chi connectivity index (χ1n) is 7.74. The number of hydrogen-bond acceptors (Lipinski definition) is 3. The van der Waals surface area contributed by atoms with E-state index in [1.165, 1.54) is 6.42 Å². The Balaban J connectivity index is 1.78. The largest absolute Gasteiger partial charge is 0.381 e. The fourth-order valence-electron chi connectivity index (χ4n) is 3.29. The molecule has 0 bridgehead atoms. The number of ether oxygens (including phenoxy) is 1. The summed E-state index contributed by atoms with van der Waals surface area (Å²) in [5.41, 5.74) is 5.72. The van der Waals surface area contributed by atoms with Gasteiger partial charge in [-0.25, -0.2) is 0 Å². The third-order valence-electron chi connectivity index (χ3n) is 4.73. The van der Waals surface area contributed by atoms with Crippen LogP contribution in [-0.4, -0.2) is 43.2 Å². The predicted octanol–water partition coefficient (Wildman–Crippen LogP) is 1.92. The highest BCUT2D eigenvalue weighted by Crippen LogP contribution is 2.28. The number of rotatable bonds is 4. The summed E-state index contributed by atoms with van der Waals surface area (Å²) >= 11 is 0. The molecule has 0 atom stereocenters. The topological polar surface area (TPSA) is 55.6 Å². The summed E-state index contributed by atoms with van der Waals surface area (Å²) in [4.78, 5) is 14.3. The lowest BCUT2D eigenvalue weighted by Crippen LogP contribution is -2.55. The highest BCUT2D eigenvalue weighted by Gasteiger charge is 2.37. The summed E-state index contributed by atoms with van der Waals surface area (Å²) in [5.74, 6) is 0.864. The second-order valence-corrected chi connectivity index (χ2v) is 6.29. The van der Waals surface area contributed by atoms with Gasteiger partial charge in [0.05, 0.1) is 5.54 Å². The van der Waals surface area contributed by atoms with Crippen molar-refractivity contribution in [2.24, 2.45) is 11.7 Å². The lowest BCUT2D eigenvalue weighted by atomic mass is 9.81. The molecule has 1 heterocycles. The molecule has 1 saturated heterocycles. The molecule has 4 heteroatoms. The van der Waals surface area contributed by atoms with Crippen LogP contribution in [0.4, 0.5) is 0 Å². The van der Waals surface area contributed by atoms with Crippen molar-refractivity contribution < 1.29 is 9.53 Å². The van der Waals surface area contributed by atoms with E-state index in [1.807, 2.05) is 11.9 Å². The molecular formula is C15H28N2O2. The average Bonchev–Trinajstić information content (AvgIpc) is 2.46. The van der Waals surface area contributed by atoms with Crippen LogP contribution in [0.15, 0.2) is 0 Å². The van der Waals surface area contributed by atoms with Gasteiger partial charge in [0.2, 0.25) is 5.91 Å². The molecule has 2 rings (SSSR count). The third kappa shape index (κ3) is 3.93. The van der Waals surface area contributed by atoms with E-state index in [0.717, 1.165) is 64.7 Å². The van der Waals surface area contributed by atoms with E-state index in [2.05, 4.69) is 0 Å². The first kappa shape index (κ1) is 14.8. The normalized spacial score (nSPS) is 24.1. The lowest BCUT2D eigenvalue weighted by molar-refractivity contribution is -0.137. The average molecular weight is 268 g/mol. The van der Waals surface area contributed by atoms with Crippen LogP contribution < -0.4 is 5.73 Å². The van der Waals surface area contributed by atoms with E-state index in [-0.39, 0.29) is 5.91 Å². The molecule has 19 heavy (non-hydrogen) atoms. The zero-order valence-corrected chi connectivity index (χ0v) is 12.2. The molecule has 1 aliphatic carbocycles. The maximum Gasteiger partial charge on any atom is 0.242 e. The molecule has 1 saturated carbocycles. The first-order chi connectivity index (χ1) is 9.12. The smallest absolute Gasteiger partial charge is 0.242 e. The Morgan fingerprint density at radius 1 is 1.26 bits per heavy atom. The van der Waals surface area contributed by atoms with E-state index in [9.17, 15) is 4.79 Å². The van der Waals surface area contributed by atoms with Crippen molar-refractivity contribution in [3.8, 4) is 0 Å². The molecule has 0 radical (unpaired) electrons. The molecule has 0 spiro atoms. The Morgan fingerprint density at radius 2 is 1.89 bits per heavy atom. The molecule has 0 aromatic carbocycles. The summed E-state index contributed by atoms with van der Waals surface area (Å²) in [5, 5.41) is 0. The van der Waals surface area contributed by atoms with Gasteiger partial charge in [-0.15, -0.1) is 0 Å². The minimum absolute atomic E-state index is 0.152. The van der Waals surface area contributed by atoms with Crippen molar-refractivity contribution >= 4 is 5.91 Å². The Morgan fingerprint density at radius 3 is 2.53 bits per heavy atom. The van der Waals surface area contributed by atoms with Crippen molar-refractivity contribution in [1.82, 2.24) is 4.90 Å². The maximum atomic E-state index is 12.5. The van der Waals surface area contributed by atoms with Crippen molar-refractivity contribution in [2.45, 2.75) is 56.9 Å². The van der Waals surface area contributed by atoms with Crippen molar-refractivity contribution in [3.63, 3.8) is 0 Å². The molecule has 1 amide bonds. The van der Waals surface area contributed by atoms with Gasteiger partial charge in [0.25, 0.3) is 0 Å². The lowest BCUT2D eigenvalue weighted by Gasteiger charge is -2.36. The van der Waals surface area contributed by atoms with Crippen LogP contribution in [0.1, 0.15) is 51.4 Å². The first-order valence-corrected chi connectivity index (χ1v) is 7.74. The highest BCUT2D eigenvalue weighted by molar-refractivity contribution is 5.86. The van der Waals surface area contributed by atoms with E-state index in [0.29, 0.717) is 5.92 Å². The zero-order chi connectivity index (χ0) is 13.7. The molecule has 2 N–H and O–H groups in total. The number of carbonyl (C=O) groups is 1. The van der Waals surface area contributed by atoms with Gasteiger partial charge in [-0.2, -0.15) is 0 Å². The van der Waals surface area contributed by atoms with Crippen LogP contribution in [0.3, 0.4) is 0 Å². The Hall–Kier alpha value is -0.610. The molecule has 0 aromatic heterocycles. The number of amides is 1. The predicted molar refractivity (Wildman–Crippen MR) is 75.8 cm³/mol. The van der Waals surface area contributed by atoms with Gasteiger partial charge in [0.15, 0.2) is 0 Å². The molecule has 2 aliphatic rings. The number of nitrogens with two attached hydrogens (primary N) is 1. The monoisotopic (exact) mass is 268 g/mol. The van der Waals surface area contributed by atoms with Crippen molar-refractivity contribution in [1.29, 1.82) is 0 Å². The highest BCUT2D eigenvalue weighted by atomic mass is 16.5. The SMILES string of the molecule is CN(CCC1CCOCC1)C(=O)C1(N)CCCCC1. The number of nitrogens with zero attached hydrogens (tertiary/aromatic N) is 1. The van der Waals surface area contributed by atoms with Gasteiger partial charge in [-0.3, -0.25) is 4.79 Å². The Bertz CT molecular complexity index is 295. The van der Waals surface area contributed by atoms with Crippen molar-refractivity contribution in [3.05, 3.63) is 0 Å². The summed E-state index contributed by atoms with van der Waals surface area (Å²) in [7, 11) is 1.91. The minimum atomic E-state index is -0.581. The second-order valence-electron chi connectivity index (χ2n) is 6.29. The fraction of sp³-hybridized carbons (Fsp3) is 0.933. The molecule has 0 aromatic rings. The van der Waals surface area contributed by atoms with E-state index >= 15 is 0 Å². The summed E-state index contributed by atoms with van der Waals surface area (Å²) in [6.07, 6.45) is 8.47. The van der Waals surface area contributed by atoms with Gasteiger partial charge in [-0.1, -0.05) is 19.3 Å². The molecule has 110 valence electrons. The molecule has 0 unspecified atom stereocenters. The number of carbonyl (C=O) groups excluding carboxylic acids is 1. The van der Waals surface area contributed by atoms with Gasteiger partial charge >= 0.3 is 0 Å². The standard InChI is InChI=1S/C15H28N2O2/c1-17(10-5-13-6-11-19-12-7-13)14(18)15(16)8-3-2-4-9-15/h13H,2-12,16H2,1H3. The number of likely N-dealkylation sites (N-methyl/N-ethyl adjacent to an activating group) is 1. The van der Waals surface area contributed by atoms with Gasteiger partial charge in [0.1, 0.15) is 0 Å². The molecule has 2 fully saturated rings. The van der Waals surface area contributed by atoms with Gasteiger partial charge in [-0.05, 0) is 38.0 Å². The van der Waals surface area contributed by atoms with Crippen LogP contribution >= 0.6 is 0 Å². The molecular weight excluding hydrogens is 240 g/mol. The van der Waals surface area contributed by atoms with Gasteiger partial charge in [0, 0.05) is 26.8 Å². The quantitative estimate of drug-likeness (QED) is 0.847.